The van der Waals surface area contributed by atoms with Crippen molar-refractivity contribution >= 4 is 8.80 Å². The quantitative estimate of drug-likeness (QED) is 0.605. The predicted octanol–water partition coefficient (Wildman–Crippen LogP) is 2.05. The topological polar surface area (TPSA) is 3.24 Å². The van der Waals surface area contributed by atoms with Gasteiger partial charge in [-0.25, -0.2) is 0 Å². The Hall–Kier alpha value is -0.0831. The van der Waals surface area contributed by atoms with Crippen LogP contribution in [0.4, 0.5) is 0 Å². The summed E-state index contributed by atoms with van der Waals surface area (Å²) in [5.74, 6) is 0. The maximum absolute atomic E-state index is 2.57. The highest BCUT2D eigenvalue weighted by Crippen LogP contribution is 2.09. The average Bonchev–Trinajstić information content (AvgIpc) is 2.37. The van der Waals surface area contributed by atoms with Crippen LogP contribution >= 0.6 is 0 Å². The largest absolute Gasteiger partial charge is 0.299 e. The van der Waals surface area contributed by atoms with E-state index in [0.717, 1.165) is 0 Å². The Bertz CT molecular complexity index is 157. The van der Waals surface area contributed by atoms with Gasteiger partial charge in [-0.15, -0.1) is 0 Å². The number of likely N-dealkylation sites (tertiary alicyclic amines) is 1. The first kappa shape index (κ1) is 10.0. The maximum Gasteiger partial charge on any atom is 0.0554 e. The van der Waals surface area contributed by atoms with E-state index in [4.69, 9.17) is 0 Å². The Labute approximate surface area is 78.1 Å². The lowest BCUT2D eigenvalue weighted by molar-refractivity contribution is 0.369. The Morgan fingerprint density at radius 2 is 1.92 bits per heavy atom. The van der Waals surface area contributed by atoms with Crippen LogP contribution in [0.25, 0.3) is 0 Å². The van der Waals surface area contributed by atoms with Crippen molar-refractivity contribution in [3.63, 3.8) is 0 Å². The van der Waals surface area contributed by atoms with Crippen LogP contribution in [0.2, 0.25) is 13.1 Å². The van der Waals surface area contributed by atoms with Crippen molar-refractivity contribution in [1.29, 1.82) is 0 Å². The molecule has 1 rings (SSSR count). The summed E-state index contributed by atoms with van der Waals surface area (Å²) >= 11 is 0. The molecule has 70 valence electrons. The molecule has 1 heterocycles. The summed E-state index contributed by atoms with van der Waals surface area (Å²) < 4.78 is 0. The van der Waals surface area contributed by atoms with Crippen molar-refractivity contribution in [2.45, 2.75) is 32.9 Å². The summed E-state index contributed by atoms with van der Waals surface area (Å²) in [4.78, 5) is 2.57. The van der Waals surface area contributed by atoms with Gasteiger partial charge in [0.2, 0.25) is 0 Å². The highest BCUT2D eigenvalue weighted by molar-refractivity contribution is 6.61. The van der Waals surface area contributed by atoms with Crippen LogP contribution in [-0.2, 0) is 0 Å². The van der Waals surface area contributed by atoms with Crippen LogP contribution in [0.15, 0.2) is 11.3 Å². The lowest BCUT2D eigenvalue weighted by Gasteiger charge is -2.15. The number of hydrogen-bond donors (Lipinski definition) is 0. The van der Waals surface area contributed by atoms with E-state index in [1.54, 1.807) is 5.57 Å². The van der Waals surface area contributed by atoms with Gasteiger partial charge in [-0.3, -0.25) is 4.90 Å². The normalized spacial score (nSPS) is 20.8. The number of nitrogens with zero attached hydrogens (tertiary/aromatic N) is 1. The molecule has 1 fully saturated rings. The first-order valence-electron chi connectivity index (χ1n) is 5.08. The molecule has 0 spiro atoms. The van der Waals surface area contributed by atoms with Crippen LogP contribution in [-0.4, -0.2) is 33.3 Å². The van der Waals surface area contributed by atoms with E-state index in [0.29, 0.717) is 0 Å². The van der Waals surface area contributed by atoms with Gasteiger partial charge in [0.15, 0.2) is 0 Å². The van der Waals surface area contributed by atoms with E-state index >= 15 is 0 Å². The molecule has 1 saturated heterocycles. The Balaban J connectivity index is 2.29. The van der Waals surface area contributed by atoms with Gasteiger partial charge in [0.1, 0.15) is 0 Å². The average molecular weight is 183 g/mol. The molecule has 0 unspecified atom stereocenters. The van der Waals surface area contributed by atoms with E-state index in [1.807, 2.05) is 0 Å². The zero-order chi connectivity index (χ0) is 8.97. The van der Waals surface area contributed by atoms with E-state index in [9.17, 15) is 0 Å². The number of hydrogen-bond acceptors (Lipinski definition) is 1. The van der Waals surface area contributed by atoms with E-state index in [-0.39, 0.29) is 0 Å². The molecule has 0 amide bonds. The second-order valence-corrected chi connectivity index (χ2v) is 7.06. The van der Waals surface area contributed by atoms with Crippen molar-refractivity contribution in [2.75, 3.05) is 19.6 Å². The molecule has 1 aliphatic heterocycles. The van der Waals surface area contributed by atoms with Gasteiger partial charge in [-0.2, -0.15) is 0 Å². The molecule has 0 atom stereocenters. The van der Waals surface area contributed by atoms with Gasteiger partial charge in [-0.1, -0.05) is 24.4 Å². The van der Waals surface area contributed by atoms with E-state index in [1.165, 1.54) is 32.5 Å². The van der Waals surface area contributed by atoms with Gasteiger partial charge in [0.25, 0.3) is 0 Å². The van der Waals surface area contributed by atoms with Crippen molar-refractivity contribution in [3.05, 3.63) is 11.3 Å². The first-order chi connectivity index (χ1) is 5.68. The maximum atomic E-state index is 2.57. The van der Waals surface area contributed by atoms with Gasteiger partial charge < -0.3 is 0 Å². The van der Waals surface area contributed by atoms with Crippen LogP contribution < -0.4 is 0 Å². The predicted molar refractivity (Wildman–Crippen MR) is 58.3 cm³/mol. The summed E-state index contributed by atoms with van der Waals surface area (Å²) in [6.07, 6.45) is 2.82. The highest BCUT2D eigenvalue weighted by Gasteiger charge is 2.10. The molecular weight excluding hydrogens is 162 g/mol. The van der Waals surface area contributed by atoms with E-state index in [2.05, 4.69) is 30.6 Å². The third-order valence-corrected chi connectivity index (χ3v) is 3.53. The molecule has 0 aliphatic carbocycles. The van der Waals surface area contributed by atoms with Crippen LogP contribution in [0.3, 0.4) is 0 Å². The van der Waals surface area contributed by atoms with Crippen LogP contribution in [0.5, 0.6) is 0 Å². The molecule has 12 heavy (non-hydrogen) atoms. The molecule has 1 aliphatic rings. The summed E-state index contributed by atoms with van der Waals surface area (Å²) in [7, 11) is -0.478. The zero-order valence-corrected chi connectivity index (χ0v) is 9.79. The van der Waals surface area contributed by atoms with Crippen molar-refractivity contribution in [2.24, 2.45) is 0 Å². The Kier molecular flexibility index (Phi) is 4.02. The molecule has 1 nitrogen and oxygen atoms in total. The molecule has 0 N–H and O–H groups in total. The van der Waals surface area contributed by atoms with Gasteiger partial charge in [0.05, 0.1) is 8.80 Å². The minimum absolute atomic E-state index is 0.478. The van der Waals surface area contributed by atoms with Gasteiger partial charge in [0, 0.05) is 6.54 Å². The highest BCUT2D eigenvalue weighted by atomic mass is 28.3. The first-order valence-corrected chi connectivity index (χ1v) is 8.06. The fourth-order valence-corrected chi connectivity index (χ4v) is 3.16. The number of rotatable bonds is 3. The van der Waals surface area contributed by atoms with Crippen molar-refractivity contribution in [3.8, 4) is 0 Å². The lowest BCUT2D eigenvalue weighted by atomic mass is 10.3. The van der Waals surface area contributed by atoms with Gasteiger partial charge in [-0.05, 0) is 32.9 Å². The molecule has 2 heteroatoms. The zero-order valence-electron chi connectivity index (χ0n) is 8.64. The summed E-state index contributed by atoms with van der Waals surface area (Å²) in [5.41, 5.74) is 4.11. The second kappa shape index (κ2) is 4.82. The molecule has 0 aromatic rings. The monoisotopic (exact) mass is 183 g/mol. The molecule has 0 aromatic heterocycles. The third kappa shape index (κ3) is 3.54. The minimum Gasteiger partial charge on any atom is -0.299 e. The SMILES string of the molecule is CC(=C[SiH](C)C)CN1CCCC1. The minimum atomic E-state index is -0.478. The van der Waals surface area contributed by atoms with Crippen molar-refractivity contribution in [1.82, 2.24) is 4.90 Å². The third-order valence-electron chi connectivity index (χ3n) is 2.29. The summed E-state index contributed by atoms with van der Waals surface area (Å²) in [5, 5.41) is 0. The summed E-state index contributed by atoms with van der Waals surface area (Å²) in [6, 6.07) is 0. The van der Waals surface area contributed by atoms with Crippen molar-refractivity contribution < 1.29 is 0 Å². The second-order valence-electron chi connectivity index (χ2n) is 4.24. The molecule has 0 aromatic carbocycles. The molecular formula is C10H21NSi. The smallest absolute Gasteiger partial charge is 0.0554 e. The Morgan fingerprint density at radius 3 is 2.42 bits per heavy atom. The fourth-order valence-electron chi connectivity index (χ4n) is 1.92. The fraction of sp³-hybridized carbons (Fsp3) is 0.800. The standard InChI is InChI=1S/C10H21NSi/c1-10(9-12(2)3)8-11-6-4-5-7-11/h9,12H,4-8H2,1-3H3. The lowest BCUT2D eigenvalue weighted by Crippen LogP contribution is -2.21. The summed E-state index contributed by atoms with van der Waals surface area (Å²) in [6.45, 7) is 10.9. The van der Waals surface area contributed by atoms with Gasteiger partial charge >= 0.3 is 0 Å². The molecule has 0 bridgehead atoms. The molecule has 0 saturated carbocycles. The Morgan fingerprint density at radius 1 is 1.33 bits per heavy atom. The van der Waals surface area contributed by atoms with Crippen LogP contribution in [0, 0.1) is 0 Å². The van der Waals surface area contributed by atoms with Crippen LogP contribution in [0.1, 0.15) is 19.8 Å². The molecule has 0 radical (unpaired) electrons. The van der Waals surface area contributed by atoms with E-state index < -0.39 is 8.80 Å².